The quantitative estimate of drug-likeness (QED) is 0.568. The summed E-state index contributed by atoms with van der Waals surface area (Å²) in [6.45, 7) is 6.38. The summed E-state index contributed by atoms with van der Waals surface area (Å²) in [5.41, 5.74) is 1.36. The fourth-order valence-electron chi connectivity index (χ4n) is 2.99. The van der Waals surface area contributed by atoms with Gasteiger partial charge in [-0.2, -0.15) is 0 Å². The normalized spacial score (nSPS) is 22.8. The third-order valence-corrected chi connectivity index (χ3v) is 4.54. The first-order valence-corrected chi connectivity index (χ1v) is 8.73. The minimum absolute atomic E-state index is 0.704. The van der Waals surface area contributed by atoms with Crippen molar-refractivity contribution in [2.75, 3.05) is 6.61 Å². The Morgan fingerprint density at radius 3 is 2.67 bits per heavy atom. The lowest BCUT2D eigenvalue weighted by Gasteiger charge is -2.16. The van der Waals surface area contributed by atoms with Crippen LogP contribution in [0.25, 0.3) is 0 Å². The predicted octanol–water partition coefficient (Wildman–Crippen LogP) is 4.92. The molecule has 0 heterocycles. The average Bonchev–Trinajstić information content (AvgIpc) is 2.71. The van der Waals surface area contributed by atoms with Gasteiger partial charge in [0.15, 0.2) is 0 Å². The summed E-state index contributed by atoms with van der Waals surface area (Å²) in [6.07, 6.45) is 9.14. The molecule has 0 bridgehead atoms. The molecule has 118 valence electrons. The minimum Gasteiger partial charge on any atom is -0.494 e. The van der Waals surface area contributed by atoms with E-state index in [2.05, 4.69) is 43.4 Å². The molecule has 2 unspecified atom stereocenters. The van der Waals surface area contributed by atoms with Gasteiger partial charge in [0.25, 0.3) is 0 Å². The van der Waals surface area contributed by atoms with Gasteiger partial charge in [-0.25, -0.2) is 0 Å². The van der Waals surface area contributed by atoms with Crippen molar-refractivity contribution in [3.8, 4) is 5.75 Å². The first kappa shape index (κ1) is 16.4. The van der Waals surface area contributed by atoms with E-state index in [9.17, 15) is 0 Å². The van der Waals surface area contributed by atoms with Gasteiger partial charge >= 0.3 is 0 Å². The smallest absolute Gasteiger partial charge is 0.119 e. The van der Waals surface area contributed by atoms with Gasteiger partial charge in [-0.05, 0) is 49.3 Å². The van der Waals surface area contributed by atoms with Gasteiger partial charge in [0.1, 0.15) is 5.75 Å². The Morgan fingerprint density at radius 1 is 1.10 bits per heavy atom. The van der Waals surface area contributed by atoms with Gasteiger partial charge in [-0.1, -0.05) is 45.2 Å². The van der Waals surface area contributed by atoms with Crippen LogP contribution in [0.3, 0.4) is 0 Å². The average molecular weight is 289 g/mol. The second-order valence-corrected chi connectivity index (χ2v) is 6.54. The Bertz CT molecular complexity index is 387. The molecule has 2 atom stereocenters. The molecule has 0 radical (unpaired) electrons. The van der Waals surface area contributed by atoms with E-state index in [4.69, 9.17) is 4.74 Å². The molecule has 0 aliphatic heterocycles. The van der Waals surface area contributed by atoms with Crippen LogP contribution < -0.4 is 10.1 Å². The zero-order chi connectivity index (χ0) is 14.9. The van der Waals surface area contributed by atoms with Crippen LogP contribution in [0.1, 0.15) is 64.4 Å². The first-order chi connectivity index (χ1) is 10.3. The lowest BCUT2D eigenvalue weighted by Crippen LogP contribution is -2.27. The molecule has 21 heavy (non-hydrogen) atoms. The van der Waals surface area contributed by atoms with Gasteiger partial charge in [0.2, 0.25) is 0 Å². The standard InChI is InChI=1S/C19H31NO/c1-3-4-14-21-19-12-9-17(10-13-19)15-20-18-7-5-6-16(2)8-11-18/h9-10,12-13,16,18,20H,3-8,11,14-15H2,1-2H3. The van der Waals surface area contributed by atoms with E-state index in [0.29, 0.717) is 6.04 Å². The molecule has 1 N–H and O–H groups in total. The highest BCUT2D eigenvalue weighted by Gasteiger charge is 2.15. The Labute approximate surface area is 130 Å². The van der Waals surface area contributed by atoms with Crippen molar-refractivity contribution >= 4 is 0 Å². The van der Waals surface area contributed by atoms with Crippen molar-refractivity contribution in [2.45, 2.75) is 71.4 Å². The first-order valence-electron chi connectivity index (χ1n) is 8.73. The van der Waals surface area contributed by atoms with E-state index in [0.717, 1.165) is 31.2 Å². The summed E-state index contributed by atoms with van der Waals surface area (Å²) < 4.78 is 5.70. The van der Waals surface area contributed by atoms with Crippen LogP contribution in [-0.4, -0.2) is 12.6 Å². The number of ether oxygens (including phenoxy) is 1. The van der Waals surface area contributed by atoms with Crippen molar-refractivity contribution in [1.82, 2.24) is 5.32 Å². The summed E-state index contributed by atoms with van der Waals surface area (Å²) in [4.78, 5) is 0. The number of rotatable bonds is 7. The summed E-state index contributed by atoms with van der Waals surface area (Å²) >= 11 is 0. The molecular weight excluding hydrogens is 258 g/mol. The zero-order valence-electron chi connectivity index (χ0n) is 13.7. The van der Waals surface area contributed by atoms with Crippen molar-refractivity contribution in [1.29, 1.82) is 0 Å². The predicted molar refractivity (Wildman–Crippen MR) is 89.7 cm³/mol. The maximum Gasteiger partial charge on any atom is 0.119 e. The molecule has 0 saturated heterocycles. The third-order valence-electron chi connectivity index (χ3n) is 4.54. The number of hydrogen-bond acceptors (Lipinski definition) is 2. The molecule has 1 aliphatic carbocycles. The van der Waals surface area contributed by atoms with E-state index >= 15 is 0 Å². The van der Waals surface area contributed by atoms with E-state index in [1.54, 1.807) is 0 Å². The molecule has 2 nitrogen and oxygen atoms in total. The van der Waals surface area contributed by atoms with Crippen molar-refractivity contribution in [2.24, 2.45) is 5.92 Å². The SMILES string of the molecule is CCCCOc1ccc(CNC2CCCC(C)CC2)cc1. The zero-order valence-corrected chi connectivity index (χ0v) is 13.7. The summed E-state index contributed by atoms with van der Waals surface area (Å²) in [6, 6.07) is 9.28. The molecule has 1 aromatic carbocycles. The van der Waals surface area contributed by atoms with Crippen molar-refractivity contribution in [3.05, 3.63) is 29.8 Å². The van der Waals surface area contributed by atoms with Crippen molar-refractivity contribution in [3.63, 3.8) is 0 Å². The highest BCUT2D eigenvalue weighted by Crippen LogP contribution is 2.23. The summed E-state index contributed by atoms with van der Waals surface area (Å²) in [7, 11) is 0. The summed E-state index contributed by atoms with van der Waals surface area (Å²) in [5, 5.41) is 3.73. The molecule has 1 saturated carbocycles. The Kier molecular flexibility index (Phi) is 7.08. The van der Waals surface area contributed by atoms with Gasteiger partial charge < -0.3 is 10.1 Å². The van der Waals surface area contributed by atoms with Crippen LogP contribution in [0.5, 0.6) is 5.75 Å². The molecule has 1 aromatic rings. The van der Waals surface area contributed by atoms with E-state index in [-0.39, 0.29) is 0 Å². The molecule has 0 amide bonds. The summed E-state index contributed by atoms with van der Waals surface area (Å²) in [5.74, 6) is 1.91. The van der Waals surface area contributed by atoms with Crippen molar-refractivity contribution < 1.29 is 4.74 Å². The maximum absolute atomic E-state index is 5.70. The minimum atomic E-state index is 0.704. The van der Waals surface area contributed by atoms with Gasteiger partial charge in [-0.15, -0.1) is 0 Å². The van der Waals surface area contributed by atoms with Gasteiger partial charge in [-0.3, -0.25) is 0 Å². The highest BCUT2D eigenvalue weighted by molar-refractivity contribution is 5.27. The van der Waals surface area contributed by atoms with E-state index in [1.807, 2.05) is 0 Å². The lowest BCUT2D eigenvalue weighted by molar-refractivity contribution is 0.309. The largest absolute Gasteiger partial charge is 0.494 e. The second kappa shape index (κ2) is 9.09. The Hall–Kier alpha value is -1.02. The van der Waals surface area contributed by atoms with Gasteiger partial charge in [0.05, 0.1) is 6.61 Å². The number of unbranched alkanes of at least 4 members (excludes halogenated alkanes) is 1. The molecule has 1 fully saturated rings. The molecule has 2 rings (SSSR count). The molecular formula is C19H31NO. The molecule has 1 aliphatic rings. The maximum atomic E-state index is 5.70. The molecule has 2 heteroatoms. The van der Waals surface area contributed by atoms with E-state index < -0.39 is 0 Å². The third kappa shape index (κ3) is 6.09. The van der Waals surface area contributed by atoms with Crippen LogP contribution >= 0.6 is 0 Å². The van der Waals surface area contributed by atoms with Crippen LogP contribution in [0.15, 0.2) is 24.3 Å². The number of nitrogens with one attached hydrogen (secondary N) is 1. The topological polar surface area (TPSA) is 21.3 Å². The highest BCUT2D eigenvalue weighted by atomic mass is 16.5. The van der Waals surface area contributed by atoms with Gasteiger partial charge in [0, 0.05) is 12.6 Å². The second-order valence-electron chi connectivity index (χ2n) is 6.54. The Morgan fingerprint density at radius 2 is 1.90 bits per heavy atom. The Balaban J connectivity index is 1.72. The van der Waals surface area contributed by atoms with Crippen LogP contribution in [-0.2, 0) is 6.54 Å². The number of benzene rings is 1. The fraction of sp³-hybridized carbons (Fsp3) is 0.684. The van der Waals surface area contributed by atoms with E-state index in [1.165, 1.54) is 44.1 Å². The lowest BCUT2D eigenvalue weighted by atomic mass is 10.0. The monoisotopic (exact) mass is 289 g/mol. The van der Waals surface area contributed by atoms with Crippen LogP contribution in [0.2, 0.25) is 0 Å². The number of hydrogen-bond donors (Lipinski definition) is 1. The fourth-order valence-corrected chi connectivity index (χ4v) is 2.99. The van der Waals surface area contributed by atoms with Crippen LogP contribution in [0.4, 0.5) is 0 Å². The molecule has 0 aromatic heterocycles. The van der Waals surface area contributed by atoms with Crippen LogP contribution in [0, 0.1) is 5.92 Å². The molecule has 0 spiro atoms.